The number of hydrogen-bond acceptors (Lipinski definition) is 1. The molecule has 6 aromatic rings. The fourth-order valence-corrected chi connectivity index (χ4v) is 6.27. The Morgan fingerprint density at radius 3 is 1.79 bits per heavy atom. The second-order valence-corrected chi connectivity index (χ2v) is 10.9. The summed E-state index contributed by atoms with van der Waals surface area (Å²) in [5.41, 5.74) is 14.2. The minimum absolute atomic E-state index is 0.662. The predicted octanol–water partition coefficient (Wildman–Crippen LogP) is 8.87. The lowest BCUT2D eigenvalue weighted by Crippen LogP contribution is -2.08. The number of benzene rings is 4. The van der Waals surface area contributed by atoms with Crippen molar-refractivity contribution >= 4 is 38.8 Å². The molecule has 7 rings (SSSR count). The minimum Gasteiger partial charge on any atom is -0.311 e. The Kier molecular flexibility index (Phi) is 4.90. The molecule has 2 aromatic heterocycles. The SMILES string of the molecule is CC1=Cc2c(n(-c3ccc(C#N)cc3-n3c4ccc(C)cc4c4cc(C)ccc43)c3ccc(C)cc23)CC1. The lowest BCUT2D eigenvalue weighted by Gasteiger charge is -2.20. The van der Waals surface area contributed by atoms with Crippen LogP contribution in [0.25, 0.3) is 50.2 Å². The molecule has 4 aromatic carbocycles. The maximum atomic E-state index is 9.93. The van der Waals surface area contributed by atoms with Gasteiger partial charge in [0.25, 0.3) is 0 Å². The molecule has 0 bridgehead atoms. The molecule has 0 fully saturated rings. The number of hydrogen-bond donors (Lipinski definition) is 0. The molecule has 3 nitrogen and oxygen atoms in total. The molecule has 38 heavy (non-hydrogen) atoms. The summed E-state index contributed by atoms with van der Waals surface area (Å²) < 4.78 is 4.81. The van der Waals surface area contributed by atoms with Gasteiger partial charge in [-0.05, 0) is 95.1 Å². The third-order valence-corrected chi connectivity index (χ3v) is 8.07. The van der Waals surface area contributed by atoms with Gasteiger partial charge in [0.15, 0.2) is 0 Å². The van der Waals surface area contributed by atoms with Crippen molar-refractivity contribution in [3.8, 4) is 17.4 Å². The first-order chi connectivity index (χ1) is 18.4. The molecular formula is C35H29N3. The summed E-state index contributed by atoms with van der Waals surface area (Å²) in [4.78, 5) is 0. The molecule has 0 aliphatic heterocycles. The maximum Gasteiger partial charge on any atom is 0.0992 e. The molecule has 1 aliphatic rings. The Morgan fingerprint density at radius 1 is 0.605 bits per heavy atom. The van der Waals surface area contributed by atoms with Crippen LogP contribution in [0.15, 0.2) is 78.4 Å². The molecule has 0 amide bonds. The number of allylic oxidation sites excluding steroid dienone is 1. The van der Waals surface area contributed by atoms with Gasteiger partial charge in [0.05, 0.1) is 39.6 Å². The van der Waals surface area contributed by atoms with Crippen molar-refractivity contribution in [2.75, 3.05) is 0 Å². The van der Waals surface area contributed by atoms with Crippen molar-refractivity contribution < 1.29 is 0 Å². The van der Waals surface area contributed by atoms with Crippen molar-refractivity contribution in [2.24, 2.45) is 0 Å². The van der Waals surface area contributed by atoms with Crippen LogP contribution < -0.4 is 0 Å². The van der Waals surface area contributed by atoms with E-state index in [0.29, 0.717) is 5.56 Å². The summed E-state index contributed by atoms with van der Waals surface area (Å²) in [5.74, 6) is 0. The van der Waals surface area contributed by atoms with Crippen LogP contribution in [0.5, 0.6) is 0 Å². The van der Waals surface area contributed by atoms with Crippen LogP contribution >= 0.6 is 0 Å². The maximum absolute atomic E-state index is 9.93. The van der Waals surface area contributed by atoms with Crippen LogP contribution in [-0.2, 0) is 6.42 Å². The first-order valence-electron chi connectivity index (χ1n) is 13.3. The Bertz CT molecular complexity index is 1960. The fourth-order valence-electron chi connectivity index (χ4n) is 6.27. The largest absolute Gasteiger partial charge is 0.311 e. The van der Waals surface area contributed by atoms with Crippen molar-refractivity contribution in [3.05, 3.63) is 112 Å². The second-order valence-electron chi connectivity index (χ2n) is 10.9. The van der Waals surface area contributed by atoms with E-state index in [1.165, 1.54) is 55.2 Å². The minimum atomic E-state index is 0.662. The lowest BCUT2D eigenvalue weighted by atomic mass is 9.96. The second kappa shape index (κ2) is 8.23. The third-order valence-electron chi connectivity index (χ3n) is 8.07. The molecule has 0 saturated carbocycles. The Labute approximate surface area is 222 Å². The van der Waals surface area contributed by atoms with Crippen molar-refractivity contribution in [1.82, 2.24) is 9.13 Å². The van der Waals surface area contributed by atoms with Gasteiger partial charge in [-0.2, -0.15) is 5.26 Å². The van der Waals surface area contributed by atoms with Crippen molar-refractivity contribution in [2.45, 2.75) is 40.5 Å². The van der Waals surface area contributed by atoms with E-state index in [-0.39, 0.29) is 0 Å². The molecule has 0 atom stereocenters. The van der Waals surface area contributed by atoms with Gasteiger partial charge in [-0.15, -0.1) is 0 Å². The number of aromatic nitrogens is 2. The summed E-state index contributed by atoms with van der Waals surface area (Å²) in [6, 6.07) is 28.7. The quantitative estimate of drug-likeness (QED) is 0.238. The van der Waals surface area contributed by atoms with E-state index >= 15 is 0 Å². The van der Waals surface area contributed by atoms with Gasteiger partial charge >= 0.3 is 0 Å². The van der Waals surface area contributed by atoms with Crippen LogP contribution in [0.3, 0.4) is 0 Å². The number of nitriles is 1. The molecule has 2 heterocycles. The molecule has 0 spiro atoms. The number of rotatable bonds is 2. The van der Waals surface area contributed by atoms with Gasteiger partial charge in [-0.25, -0.2) is 0 Å². The number of fused-ring (bicyclic) bond motifs is 6. The zero-order chi connectivity index (χ0) is 26.1. The molecule has 0 radical (unpaired) electrons. The highest BCUT2D eigenvalue weighted by Gasteiger charge is 2.24. The van der Waals surface area contributed by atoms with Gasteiger partial charge in [0.1, 0.15) is 0 Å². The average Bonchev–Trinajstić information content (AvgIpc) is 3.39. The van der Waals surface area contributed by atoms with E-state index < -0.39 is 0 Å². The zero-order valence-corrected chi connectivity index (χ0v) is 22.3. The van der Waals surface area contributed by atoms with Gasteiger partial charge in [-0.3, -0.25) is 0 Å². The summed E-state index contributed by atoms with van der Waals surface area (Å²) in [7, 11) is 0. The zero-order valence-electron chi connectivity index (χ0n) is 22.3. The highest BCUT2D eigenvalue weighted by molar-refractivity contribution is 6.10. The number of nitrogens with zero attached hydrogens (tertiary/aromatic N) is 3. The van der Waals surface area contributed by atoms with E-state index in [2.05, 4.69) is 116 Å². The Balaban J connectivity index is 1.64. The number of aryl methyl sites for hydroxylation is 3. The smallest absolute Gasteiger partial charge is 0.0992 e. The third kappa shape index (κ3) is 3.27. The summed E-state index contributed by atoms with van der Waals surface area (Å²) in [6.45, 7) is 8.70. The van der Waals surface area contributed by atoms with E-state index in [1.807, 2.05) is 6.07 Å². The molecule has 0 N–H and O–H groups in total. The highest BCUT2D eigenvalue weighted by Crippen LogP contribution is 2.40. The average molecular weight is 492 g/mol. The molecule has 184 valence electrons. The van der Waals surface area contributed by atoms with Crippen molar-refractivity contribution in [1.29, 1.82) is 5.26 Å². The highest BCUT2D eigenvalue weighted by atomic mass is 15.1. The van der Waals surface area contributed by atoms with Gasteiger partial charge in [0.2, 0.25) is 0 Å². The Morgan fingerprint density at radius 2 is 1.18 bits per heavy atom. The van der Waals surface area contributed by atoms with E-state index in [9.17, 15) is 5.26 Å². The Hall–Kier alpha value is -4.55. The monoisotopic (exact) mass is 491 g/mol. The topological polar surface area (TPSA) is 33.6 Å². The van der Waals surface area contributed by atoms with Crippen molar-refractivity contribution in [3.63, 3.8) is 0 Å². The lowest BCUT2D eigenvalue weighted by molar-refractivity contribution is 0.853. The first kappa shape index (κ1) is 22.6. The van der Waals surface area contributed by atoms with E-state index in [1.54, 1.807) is 0 Å². The molecular weight excluding hydrogens is 462 g/mol. The van der Waals surface area contributed by atoms with Crippen LogP contribution in [0.2, 0.25) is 0 Å². The van der Waals surface area contributed by atoms with Crippen LogP contribution in [0.1, 0.15) is 46.9 Å². The summed E-state index contributed by atoms with van der Waals surface area (Å²) in [5, 5.41) is 13.7. The van der Waals surface area contributed by atoms with Crippen LogP contribution in [0, 0.1) is 32.1 Å². The van der Waals surface area contributed by atoms with Gasteiger partial charge in [0, 0.05) is 27.4 Å². The normalized spacial score (nSPS) is 13.2. The molecule has 0 unspecified atom stereocenters. The summed E-state index contributed by atoms with van der Waals surface area (Å²) in [6.07, 6.45) is 4.42. The first-order valence-corrected chi connectivity index (χ1v) is 13.3. The standard InChI is InChI=1S/C35H29N3/c1-21-5-10-30-26(15-21)27-16-22(2)6-11-31(27)37(30)34-14-9-25(20-36)19-35(34)38-32-12-7-23(3)17-28(32)29-18-24(4)8-13-33(29)38/h5,7-10,12-19H,6,11H2,1-4H3. The van der Waals surface area contributed by atoms with Crippen LogP contribution in [0.4, 0.5) is 0 Å². The fraction of sp³-hybridized carbons (Fsp3) is 0.171. The predicted molar refractivity (Wildman–Crippen MR) is 159 cm³/mol. The van der Waals surface area contributed by atoms with Gasteiger partial charge < -0.3 is 9.13 Å². The van der Waals surface area contributed by atoms with E-state index in [0.717, 1.165) is 35.2 Å². The molecule has 0 saturated heterocycles. The molecule has 1 aliphatic carbocycles. The van der Waals surface area contributed by atoms with Crippen LogP contribution in [-0.4, -0.2) is 9.13 Å². The van der Waals surface area contributed by atoms with E-state index in [4.69, 9.17) is 0 Å². The summed E-state index contributed by atoms with van der Waals surface area (Å²) >= 11 is 0. The molecule has 3 heteroatoms. The van der Waals surface area contributed by atoms with Gasteiger partial charge in [-0.1, -0.05) is 46.5 Å².